The van der Waals surface area contributed by atoms with Gasteiger partial charge in [0.1, 0.15) is 17.3 Å². The van der Waals surface area contributed by atoms with E-state index in [1.165, 1.54) is 11.3 Å². The quantitative estimate of drug-likeness (QED) is 0.674. The third-order valence-corrected chi connectivity index (χ3v) is 5.51. The molecule has 0 saturated carbocycles. The lowest BCUT2D eigenvalue weighted by Crippen LogP contribution is -2.27. The summed E-state index contributed by atoms with van der Waals surface area (Å²) in [7, 11) is 0. The Bertz CT molecular complexity index is 1010. The Morgan fingerprint density at radius 2 is 2.19 bits per heavy atom. The molecular formula is C19H20N4O3S. The Morgan fingerprint density at radius 3 is 2.96 bits per heavy atom. The number of amides is 1. The van der Waals surface area contributed by atoms with Crippen LogP contribution in [0.15, 0.2) is 40.5 Å². The van der Waals surface area contributed by atoms with Crippen molar-refractivity contribution in [3.8, 4) is 11.1 Å². The number of nitrogens with one attached hydrogen (secondary N) is 1. The fourth-order valence-electron chi connectivity index (χ4n) is 3.39. The number of benzene rings is 1. The smallest absolute Gasteiger partial charge is 0.260 e. The summed E-state index contributed by atoms with van der Waals surface area (Å²) in [6, 6.07) is 9.85. The standard InChI is InChI=1S/C19H20N4O3S/c20-15(24)10-26-13-6-7-23(8-13)9-16-21-18(25)17-14(11-27-19(17)22-16)12-4-2-1-3-5-12/h1-5,11,13H,6-10H2,(H2,20,24)(H,21,22,25). The van der Waals surface area contributed by atoms with Gasteiger partial charge in [-0.25, -0.2) is 4.98 Å². The van der Waals surface area contributed by atoms with Gasteiger partial charge in [0.15, 0.2) is 0 Å². The van der Waals surface area contributed by atoms with Crippen molar-refractivity contribution in [2.45, 2.75) is 19.1 Å². The average molecular weight is 384 g/mol. The van der Waals surface area contributed by atoms with Gasteiger partial charge in [0, 0.05) is 24.0 Å². The summed E-state index contributed by atoms with van der Waals surface area (Å²) < 4.78 is 5.47. The normalized spacial score (nSPS) is 17.6. The van der Waals surface area contributed by atoms with Crippen molar-refractivity contribution in [2.75, 3.05) is 19.7 Å². The largest absolute Gasteiger partial charge is 0.368 e. The maximum absolute atomic E-state index is 12.7. The average Bonchev–Trinajstić information content (AvgIpc) is 3.28. The number of fused-ring (bicyclic) bond motifs is 1. The van der Waals surface area contributed by atoms with E-state index in [-0.39, 0.29) is 18.3 Å². The second kappa shape index (κ2) is 7.59. The van der Waals surface area contributed by atoms with Gasteiger partial charge < -0.3 is 15.5 Å². The molecule has 8 heteroatoms. The van der Waals surface area contributed by atoms with Crippen LogP contribution in [0.1, 0.15) is 12.2 Å². The Labute approximate surface area is 159 Å². The van der Waals surface area contributed by atoms with Gasteiger partial charge in [0.2, 0.25) is 5.91 Å². The first-order valence-electron chi connectivity index (χ1n) is 8.78. The number of nitrogens with zero attached hydrogens (tertiary/aromatic N) is 2. The number of aromatic amines is 1. The molecule has 1 aliphatic rings. The molecule has 0 radical (unpaired) electrons. The third kappa shape index (κ3) is 3.92. The molecule has 3 aromatic rings. The lowest BCUT2D eigenvalue weighted by Gasteiger charge is -2.15. The van der Waals surface area contributed by atoms with E-state index in [9.17, 15) is 9.59 Å². The molecule has 3 N–H and O–H groups in total. The molecule has 1 unspecified atom stereocenters. The number of primary amides is 1. The number of hydrogen-bond donors (Lipinski definition) is 2. The summed E-state index contributed by atoms with van der Waals surface area (Å²) in [6.07, 6.45) is 0.816. The molecule has 27 heavy (non-hydrogen) atoms. The Morgan fingerprint density at radius 1 is 1.37 bits per heavy atom. The van der Waals surface area contributed by atoms with Crippen molar-refractivity contribution >= 4 is 27.5 Å². The van der Waals surface area contributed by atoms with Gasteiger partial charge in [0.05, 0.1) is 18.0 Å². The first kappa shape index (κ1) is 17.8. The highest BCUT2D eigenvalue weighted by Gasteiger charge is 2.24. The molecule has 0 spiro atoms. The van der Waals surface area contributed by atoms with Crippen LogP contribution in [0.4, 0.5) is 0 Å². The molecule has 4 rings (SSSR count). The second-order valence-electron chi connectivity index (χ2n) is 6.63. The molecule has 2 aromatic heterocycles. The van der Waals surface area contributed by atoms with Crippen LogP contribution in [0.5, 0.6) is 0 Å². The first-order valence-corrected chi connectivity index (χ1v) is 9.66. The lowest BCUT2D eigenvalue weighted by atomic mass is 10.1. The van der Waals surface area contributed by atoms with Gasteiger partial charge in [-0.1, -0.05) is 30.3 Å². The van der Waals surface area contributed by atoms with Crippen LogP contribution >= 0.6 is 11.3 Å². The topological polar surface area (TPSA) is 101 Å². The van der Waals surface area contributed by atoms with Gasteiger partial charge in [-0.15, -0.1) is 11.3 Å². The van der Waals surface area contributed by atoms with Crippen LogP contribution in [0.25, 0.3) is 21.3 Å². The SMILES string of the molecule is NC(=O)COC1CCN(Cc2nc3scc(-c4ccccc4)c3c(=O)[nH]2)C1. The lowest BCUT2D eigenvalue weighted by molar-refractivity contribution is -0.124. The molecular weight excluding hydrogens is 364 g/mol. The summed E-state index contributed by atoms with van der Waals surface area (Å²) in [6.45, 7) is 2.00. The maximum Gasteiger partial charge on any atom is 0.260 e. The summed E-state index contributed by atoms with van der Waals surface area (Å²) in [5, 5.41) is 2.62. The number of carbonyl (C=O) groups excluding carboxylic acids is 1. The van der Waals surface area contributed by atoms with Crippen molar-refractivity contribution in [1.82, 2.24) is 14.9 Å². The second-order valence-corrected chi connectivity index (χ2v) is 7.49. The van der Waals surface area contributed by atoms with Gasteiger partial charge in [-0.05, 0) is 12.0 Å². The maximum atomic E-state index is 12.7. The molecule has 0 aliphatic carbocycles. The zero-order chi connectivity index (χ0) is 18.8. The van der Waals surface area contributed by atoms with Crippen LogP contribution in [0.3, 0.4) is 0 Å². The number of carbonyl (C=O) groups is 1. The van der Waals surface area contributed by atoms with Gasteiger partial charge in [-0.3, -0.25) is 14.5 Å². The van der Waals surface area contributed by atoms with E-state index in [0.717, 1.165) is 28.9 Å². The molecule has 1 aliphatic heterocycles. The molecule has 1 amide bonds. The summed E-state index contributed by atoms with van der Waals surface area (Å²) in [4.78, 5) is 34.0. The molecule has 0 bridgehead atoms. The van der Waals surface area contributed by atoms with E-state index in [2.05, 4.69) is 14.9 Å². The predicted molar refractivity (Wildman–Crippen MR) is 105 cm³/mol. The fraction of sp³-hybridized carbons (Fsp3) is 0.316. The number of H-pyrrole nitrogens is 1. The number of ether oxygens (including phenoxy) is 1. The van der Waals surface area contributed by atoms with E-state index >= 15 is 0 Å². The molecule has 3 heterocycles. The van der Waals surface area contributed by atoms with E-state index in [1.807, 2.05) is 35.7 Å². The number of likely N-dealkylation sites (tertiary alicyclic amines) is 1. The zero-order valence-electron chi connectivity index (χ0n) is 14.7. The molecule has 1 fully saturated rings. The summed E-state index contributed by atoms with van der Waals surface area (Å²) >= 11 is 1.48. The van der Waals surface area contributed by atoms with E-state index in [0.29, 0.717) is 24.3 Å². The van der Waals surface area contributed by atoms with Gasteiger partial charge in [0.25, 0.3) is 5.56 Å². The highest BCUT2D eigenvalue weighted by Crippen LogP contribution is 2.30. The first-order chi connectivity index (χ1) is 13.1. The summed E-state index contributed by atoms with van der Waals surface area (Å²) in [5.74, 6) is 0.182. The molecule has 1 saturated heterocycles. The Hall–Kier alpha value is -2.55. The van der Waals surface area contributed by atoms with E-state index in [1.54, 1.807) is 0 Å². The minimum absolute atomic E-state index is 0.0145. The minimum atomic E-state index is -0.461. The molecule has 1 atom stereocenters. The van der Waals surface area contributed by atoms with E-state index < -0.39 is 5.91 Å². The number of nitrogens with two attached hydrogens (primary N) is 1. The van der Waals surface area contributed by atoms with Crippen molar-refractivity contribution < 1.29 is 9.53 Å². The van der Waals surface area contributed by atoms with Gasteiger partial charge in [-0.2, -0.15) is 0 Å². The van der Waals surface area contributed by atoms with Crippen LogP contribution in [-0.2, 0) is 16.1 Å². The highest BCUT2D eigenvalue weighted by molar-refractivity contribution is 7.17. The van der Waals surface area contributed by atoms with E-state index in [4.69, 9.17) is 10.5 Å². The molecule has 1 aromatic carbocycles. The fourth-order valence-corrected chi connectivity index (χ4v) is 4.35. The zero-order valence-corrected chi connectivity index (χ0v) is 15.5. The summed E-state index contributed by atoms with van der Waals surface area (Å²) in [5.41, 5.74) is 6.93. The Kier molecular flexibility index (Phi) is 5.02. The molecule has 140 valence electrons. The van der Waals surface area contributed by atoms with Crippen LogP contribution in [-0.4, -0.2) is 46.6 Å². The highest BCUT2D eigenvalue weighted by atomic mass is 32.1. The van der Waals surface area contributed by atoms with Crippen LogP contribution < -0.4 is 11.3 Å². The number of aromatic nitrogens is 2. The number of thiophene rings is 1. The van der Waals surface area contributed by atoms with Crippen molar-refractivity contribution in [3.05, 3.63) is 51.9 Å². The number of rotatable bonds is 6. The monoisotopic (exact) mass is 384 g/mol. The Balaban J connectivity index is 1.51. The van der Waals surface area contributed by atoms with Gasteiger partial charge >= 0.3 is 0 Å². The predicted octanol–water partition coefficient (Wildman–Crippen LogP) is 1.73. The van der Waals surface area contributed by atoms with Crippen LogP contribution in [0, 0.1) is 0 Å². The third-order valence-electron chi connectivity index (χ3n) is 4.64. The minimum Gasteiger partial charge on any atom is -0.368 e. The van der Waals surface area contributed by atoms with Crippen molar-refractivity contribution in [3.63, 3.8) is 0 Å². The molecule has 7 nitrogen and oxygen atoms in total. The van der Waals surface area contributed by atoms with Crippen molar-refractivity contribution in [2.24, 2.45) is 5.73 Å². The van der Waals surface area contributed by atoms with Crippen LogP contribution in [0.2, 0.25) is 0 Å². The number of hydrogen-bond acceptors (Lipinski definition) is 6. The van der Waals surface area contributed by atoms with Crippen molar-refractivity contribution in [1.29, 1.82) is 0 Å².